The SMILES string of the molecule is CC1c2nc(NCC(F)F)c(N3CCC(Oc4ccc(F)cc4F)CC3)nc2CCN1C[SH](=O)=O. The second-order valence-corrected chi connectivity index (χ2v) is 9.54. The van der Waals surface area contributed by atoms with E-state index in [0.717, 1.165) is 12.1 Å². The van der Waals surface area contributed by atoms with E-state index >= 15 is 0 Å². The third kappa shape index (κ3) is 6.13. The van der Waals surface area contributed by atoms with Crippen LogP contribution in [0.3, 0.4) is 0 Å². The third-order valence-corrected chi connectivity index (χ3v) is 6.80. The van der Waals surface area contributed by atoms with Gasteiger partial charge in [0, 0.05) is 45.0 Å². The molecule has 0 bridgehead atoms. The molecule has 2 aliphatic rings. The molecular formula is C22H27F4N5O3S. The highest BCUT2D eigenvalue weighted by Gasteiger charge is 2.31. The lowest BCUT2D eigenvalue weighted by Crippen LogP contribution is -2.41. The largest absolute Gasteiger partial charge is 0.487 e. The molecule has 8 nitrogen and oxygen atoms in total. The maximum Gasteiger partial charge on any atom is 0.255 e. The van der Waals surface area contributed by atoms with Crippen molar-refractivity contribution in [2.45, 2.75) is 44.8 Å². The van der Waals surface area contributed by atoms with Crippen LogP contribution in [0.4, 0.5) is 29.2 Å². The van der Waals surface area contributed by atoms with Gasteiger partial charge in [0.05, 0.1) is 29.9 Å². The van der Waals surface area contributed by atoms with E-state index in [1.165, 1.54) is 6.07 Å². The van der Waals surface area contributed by atoms with Crippen LogP contribution in [0, 0.1) is 11.6 Å². The predicted molar refractivity (Wildman–Crippen MR) is 123 cm³/mol. The van der Waals surface area contributed by atoms with Crippen molar-refractivity contribution < 1.29 is 30.7 Å². The Morgan fingerprint density at radius 2 is 1.91 bits per heavy atom. The fourth-order valence-electron chi connectivity index (χ4n) is 4.40. The number of ether oxygens (including phenoxy) is 1. The van der Waals surface area contributed by atoms with Crippen molar-refractivity contribution in [1.82, 2.24) is 14.9 Å². The highest BCUT2D eigenvalue weighted by molar-refractivity contribution is 7.72. The summed E-state index contributed by atoms with van der Waals surface area (Å²) in [6, 6.07) is 2.83. The van der Waals surface area contributed by atoms with Crippen LogP contribution in [-0.2, 0) is 17.1 Å². The highest BCUT2D eigenvalue weighted by Crippen LogP contribution is 2.33. The molecule has 0 saturated carbocycles. The molecule has 2 aromatic rings. The Kier molecular flexibility index (Phi) is 7.95. The van der Waals surface area contributed by atoms with Crippen LogP contribution in [0.1, 0.15) is 37.2 Å². The van der Waals surface area contributed by atoms with Crippen molar-refractivity contribution >= 4 is 22.3 Å². The van der Waals surface area contributed by atoms with Crippen LogP contribution in [0.2, 0.25) is 0 Å². The van der Waals surface area contributed by atoms with Crippen molar-refractivity contribution in [3.05, 3.63) is 41.2 Å². The molecule has 0 aliphatic carbocycles. The topological polar surface area (TPSA) is 87.7 Å². The van der Waals surface area contributed by atoms with E-state index in [-0.39, 0.29) is 29.6 Å². The van der Waals surface area contributed by atoms with Crippen LogP contribution >= 0.6 is 0 Å². The summed E-state index contributed by atoms with van der Waals surface area (Å²) in [5.41, 5.74) is 1.28. The summed E-state index contributed by atoms with van der Waals surface area (Å²) in [6.45, 7) is 2.66. The first-order valence-electron chi connectivity index (χ1n) is 11.4. The van der Waals surface area contributed by atoms with Gasteiger partial charge in [-0.3, -0.25) is 4.90 Å². The van der Waals surface area contributed by atoms with Gasteiger partial charge < -0.3 is 15.0 Å². The zero-order valence-electron chi connectivity index (χ0n) is 19.1. The van der Waals surface area contributed by atoms with Gasteiger partial charge in [-0.1, -0.05) is 0 Å². The maximum absolute atomic E-state index is 13.9. The normalized spacial score (nSPS) is 19.3. The van der Waals surface area contributed by atoms with Crippen molar-refractivity contribution in [3.8, 4) is 5.75 Å². The first-order valence-corrected chi connectivity index (χ1v) is 12.7. The van der Waals surface area contributed by atoms with Crippen LogP contribution in [-0.4, -0.2) is 67.9 Å². The predicted octanol–water partition coefficient (Wildman–Crippen LogP) is 2.97. The number of nitrogens with one attached hydrogen (secondary N) is 1. The van der Waals surface area contributed by atoms with Crippen molar-refractivity contribution in [2.75, 3.05) is 42.3 Å². The number of hydrogen-bond acceptors (Lipinski definition) is 8. The Hall–Kier alpha value is -2.67. The Bertz CT molecular complexity index is 1120. The second kappa shape index (κ2) is 10.9. The first kappa shape index (κ1) is 25.4. The summed E-state index contributed by atoms with van der Waals surface area (Å²) in [5, 5.41) is 2.68. The minimum atomic E-state index is -2.60. The number of thiol groups is 1. The molecule has 1 fully saturated rings. The molecule has 192 valence electrons. The third-order valence-electron chi connectivity index (χ3n) is 6.21. The van der Waals surface area contributed by atoms with Gasteiger partial charge in [0.1, 0.15) is 11.9 Å². The lowest BCUT2D eigenvalue weighted by atomic mass is 10.0. The van der Waals surface area contributed by atoms with E-state index < -0.39 is 35.3 Å². The highest BCUT2D eigenvalue weighted by atomic mass is 32.2. The van der Waals surface area contributed by atoms with Gasteiger partial charge in [0.25, 0.3) is 6.43 Å². The molecule has 35 heavy (non-hydrogen) atoms. The number of nitrogens with zero attached hydrogens (tertiary/aromatic N) is 4. The molecule has 1 unspecified atom stereocenters. The molecular weight excluding hydrogens is 490 g/mol. The summed E-state index contributed by atoms with van der Waals surface area (Å²) < 4.78 is 81.1. The molecule has 1 atom stereocenters. The fraction of sp³-hybridized carbons (Fsp3) is 0.545. The minimum absolute atomic E-state index is 0.0175. The lowest BCUT2D eigenvalue weighted by molar-refractivity contribution is 0.162. The molecule has 0 radical (unpaired) electrons. The van der Waals surface area contributed by atoms with Gasteiger partial charge in [-0.15, -0.1) is 0 Å². The van der Waals surface area contributed by atoms with E-state index in [9.17, 15) is 26.0 Å². The average molecular weight is 518 g/mol. The van der Waals surface area contributed by atoms with E-state index in [1.54, 1.807) is 4.90 Å². The van der Waals surface area contributed by atoms with E-state index in [4.69, 9.17) is 9.72 Å². The molecule has 1 aromatic heterocycles. The zero-order valence-corrected chi connectivity index (χ0v) is 20.0. The Morgan fingerprint density at radius 1 is 1.17 bits per heavy atom. The molecule has 1 aromatic carbocycles. The lowest BCUT2D eigenvalue weighted by Gasteiger charge is -2.36. The van der Waals surface area contributed by atoms with Crippen molar-refractivity contribution in [1.29, 1.82) is 0 Å². The number of halogens is 4. The number of aromatic nitrogens is 2. The monoisotopic (exact) mass is 517 g/mol. The summed E-state index contributed by atoms with van der Waals surface area (Å²) in [6.07, 6.45) is -1.36. The summed E-state index contributed by atoms with van der Waals surface area (Å²) in [4.78, 5) is 13.0. The van der Waals surface area contributed by atoms with E-state index in [1.807, 2.05) is 11.8 Å². The number of benzene rings is 1. The minimum Gasteiger partial charge on any atom is -0.487 e. The number of hydrogen-bond donors (Lipinski definition) is 2. The molecule has 0 amide bonds. The van der Waals surface area contributed by atoms with Gasteiger partial charge in [-0.05, 0) is 19.1 Å². The van der Waals surface area contributed by atoms with Gasteiger partial charge in [-0.2, -0.15) is 0 Å². The van der Waals surface area contributed by atoms with Crippen LogP contribution in [0.5, 0.6) is 5.75 Å². The van der Waals surface area contributed by atoms with Crippen molar-refractivity contribution in [2.24, 2.45) is 0 Å². The number of piperidine rings is 1. The molecule has 2 aliphatic heterocycles. The van der Waals surface area contributed by atoms with E-state index in [2.05, 4.69) is 10.3 Å². The molecule has 1 N–H and O–H groups in total. The molecule has 13 heteroatoms. The first-order chi connectivity index (χ1) is 16.7. The number of fused-ring (bicyclic) bond motifs is 1. The van der Waals surface area contributed by atoms with Crippen LogP contribution in [0.15, 0.2) is 18.2 Å². The Morgan fingerprint density at radius 3 is 2.57 bits per heavy atom. The maximum atomic E-state index is 13.9. The number of anilines is 2. The van der Waals surface area contributed by atoms with E-state index in [0.29, 0.717) is 56.1 Å². The summed E-state index contributed by atoms with van der Waals surface area (Å²) >= 11 is 0. The number of alkyl halides is 2. The van der Waals surface area contributed by atoms with Gasteiger partial charge >= 0.3 is 0 Å². The van der Waals surface area contributed by atoms with Crippen LogP contribution in [0.25, 0.3) is 0 Å². The fourth-order valence-corrected chi connectivity index (χ4v) is 5.08. The number of rotatable bonds is 8. The quantitative estimate of drug-likeness (QED) is 0.408. The summed E-state index contributed by atoms with van der Waals surface area (Å²) in [7, 11) is -2.60. The molecule has 0 spiro atoms. The molecule has 3 heterocycles. The Labute approximate surface area is 202 Å². The smallest absolute Gasteiger partial charge is 0.255 e. The van der Waals surface area contributed by atoms with Gasteiger partial charge in [0.2, 0.25) is 0 Å². The standard InChI is InChI=1S/C22H27F4N5O3S/c1-13-20-17(6-9-31(13)12-35(32)33)28-22(21(29-20)27-11-19(25)26)30-7-4-15(5-8-30)34-18-3-2-14(23)10-16(18)24/h2-3,10,13,15,19,35H,4-9,11-12H2,1H3,(H,27,29). The van der Waals surface area contributed by atoms with Gasteiger partial charge in [0.15, 0.2) is 33.9 Å². The molecule has 4 rings (SSSR count). The van der Waals surface area contributed by atoms with Crippen LogP contribution < -0.4 is 15.0 Å². The van der Waals surface area contributed by atoms with Crippen molar-refractivity contribution in [3.63, 3.8) is 0 Å². The zero-order chi connectivity index (χ0) is 25.1. The summed E-state index contributed by atoms with van der Waals surface area (Å²) in [5.74, 6) is -0.910. The van der Waals surface area contributed by atoms with Gasteiger partial charge in [-0.25, -0.2) is 35.9 Å². The second-order valence-electron chi connectivity index (χ2n) is 8.59. The average Bonchev–Trinajstić information content (AvgIpc) is 2.81. The molecule has 1 saturated heterocycles. The Balaban J connectivity index is 1.51.